The molecule has 0 aliphatic rings. The van der Waals surface area contributed by atoms with Gasteiger partial charge in [-0.2, -0.15) is 5.10 Å². The number of hydrogen-bond donors (Lipinski definition) is 0. The molecule has 5 heteroatoms. The largest absolute Gasteiger partial charge is 0.328 e. The first-order chi connectivity index (χ1) is 8.78. The average molecular weight is 267 g/mol. The van der Waals surface area contributed by atoms with Crippen molar-refractivity contribution in [3.63, 3.8) is 0 Å². The molecule has 18 heavy (non-hydrogen) atoms. The minimum atomic E-state index is 0.431. The van der Waals surface area contributed by atoms with E-state index >= 15 is 0 Å². The van der Waals surface area contributed by atoms with Gasteiger partial charge in [-0.1, -0.05) is 13.8 Å². The number of halogens is 1. The predicted octanol–water partition coefficient (Wildman–Crippen LogP) is 3.23. The molecule has 0 aromatic carbocycles. The molecule has 0 bridgehead atoms. The van der Waals surface area contributed by atoms with Crippen LogP contribution in [0, 0.1) is 0 Å². The van der Waals surface area contributed by atoms with Gasteiger partial charge in [0.05, 0.1) is 24.2 Å². The number of hydrogen-bond acceptors (Lipinski definition) is 2. The van der Waals surface area contributed by atoms with Crippen molar-refractivity contribution in [2.24, 2.45) is 0 Å². The molecule has 98 valence electrons. The van der Waals surface area contributed by atoms with Crippen molar-refractivity contribution in [3.8, 4) is 0 Å². The van der Waals surface area contributed by atoms with E-state index in [-0.39, 0.29) is 0 Å². The molecular formula is C13H19ClN4. The van der Waals surface area contributed by atoms with E-state index in [4.69, 9.17) is 11.6 Å². The van der Waals surface area contributed by atoms with Crippen molar-refractivity contribution < 1.29 is 0 Å². The third kappa shape index (κ3) is 2.75. The second kappa shape index (κ2) is 6.05. The second-order valence-corrected chi connectivity index (χ2v) is 4.63. The maximum absolute atomic E-state index is 5.83. The molecule has 0 atom stereocenters. The molecule has 2 heterocycles. The van der Waals surface area contributed by atoms with Crippen LogP contribution >= 0.6 is 11.6 Å². The first-order valence-corrected chi connectivity index (χ1v) is 6.91. The Morgan fingerprint density at radius 2 is 2.06 bits per heavy atom. The summed E-state index contributed by atoms with van der Waals surface area (Å²) < 4.78 is 4.10. The van der Waals surface area contributed by atoms with Crippen LogP contribution in [0.3, 0.4) is 0 Å². The highest BCUT2D eigenvalue weighted by Crippen LogP contribution is 2.15. The highest BCUT2D eigenvalue weighted by atomic mass is 35.5. The first kappa shape index (κ1) is 13.1. The van der Waals surface area contributed by atoms with Crippen molar-refractivity contribution in [1.82, 2.24) is 19.3 Å². The monoisotopic (exact) mass is 266 g/mol. The molecule has 4 nitrogen and oxygen atoms in total. The van der Waals surface area contributed by atoms with Gasteiger partial charge in [-0.05, 0) is 18.9 Å². The Bertz CT molecular complexity index is 485. The van der Waals surface area contributed by atoms with Crippen LogP contribution in [0.2, 0.25) is 0 Å². The summed E-state index contributed by atoms with van der Waals surface area (Å²) in [5.74, 6) is 1.31. The third-order valence-electron chi connectivity index (χ3n) is 3.23. The molecule has 0 saturated carbocycles. The fourth-order valence-electron chi connectivity index (χ4n) is 2.12. The number of nitrogens with zero attached hydrogens (tertiary/aromatic N) is 4. The fourth-order valence-corrected chi connectivity index (χ4v) is 2.34. The molecule has 0 spiro atoms. The van der Waals surface area contributed by atoms with Gasteiger partial charge in [0.25, 0.3) is 0 Å². The molecule has 2 rings (SSSR count). The Kier molecular flexibility index (Phi) is 4.42. The van der Waals surface area contributed by atoms with Crippen LogP contribution in [-0.2, 0) is 12.4 Å². The summed E-state index contributed by atoms with van der Waals surface area (Å²) in [6.45, 7) is 5.11. The molecule has 0 N–H and O–H groups in total. The van der Waals surface area contributed by atoms with Crippen molar-refractivity contribution in [3.05, 3.63) is 36.2 Å². The van der Waals surface area contributed by atoms with Crippen LogP contribution in [0.4, 0.5) is 0 Å². The van der Waals surface area contributed by atoms with Crippen LogP contribution in [0.5, 0.6) is 0 Å². The molecule has 0 fully saturated rings. The van der Waals surface area contributed by atoms with Gasteiger partial charge in [-0.15, -0.1) is 11.6 Å². The average Bonchev–Trinajstić information content (AvgIpc) is 3.01. The van der Waals surface area contributed by atoms with Gasteiger partial charge in [-0.3, -0.25) is 4.68 Å². The summed E-state index contributed by atoms with van der Waals surface area (Å²) in [5, 5.41) is 4.63. The molecule has 2 aromatic heterocycles. The summed E-state index contributed by atoms with van der Waals surface area (Å²) in [5.41, 5.74) is 1.05. The Morgan fingerprint density at radius 1 is 1.28 bits per heavy atom. The minimum absolute atomic E-state index is 0.431. The van der Waals surface area contributed by atoms with Crippen LogP contribution in [0.15, 0.2) is 24.7 Å². The topological polar surface area (TPSA) is 35.6 Å². The van der Waals surface area contributed by atoms with Crippen molar-refractivity contribution in [2.45, 2.75) is 45.2 Å². The summed E-state index contributed by atoms with van der Waals surface area (Å²) in [4.78, 5) is 4.20. The van der Waals surface area contributed by atoms with E-state index in [1.807, 2.05) is 10.8 Å². The zero-order valence-corrected chi connectivity index (χ0v) is 11.6. The van der Waals surface area contributed by atoms with E-state index in [0.717, 1.165) is 30.9 Å². The van der Waals surface area contributed by atoms with Gasteiger partial charge in [0.15, 0.2) is 0 Å². The van der Waals surface area contributed by atoms with Gasteiger partial charge >= 0.3 is 0 Å². The molecule has 0 saturated heterocycles. The normalized spacial score (nSPS) is 11.3. The maximum atomic E-state index is 5.83. The first-order valence-electron chi connectivity index (χ1n) is 6.38. The van der Waals surface area contributed by atoms with Crippen molar-refractivity contribution in [2.75, 3.05) is 0 Å². The lowest BCUT2D eigenvalue weighted by Gasteiger charge is -2.12. The highest BCUT2D eigenvalue weighted by molar-refractivity contribution is 6.16. The molecule has 0 unspecified atom stereocenters. The van der Waals surface area contributed by atoms with Crippen molar-refractivity contribution in [1.29, 1.82) is 0 Å². The molecule has 2 aromatic rings. The highest BCUT2D eigenvalue weighted by Gasteiger charge is 2.09. The Labute approximate surface area is 113 Å². The van der Waals surface area contributed by atoms with E-state index in [1.54, 1.807) is 6.20 Å². The number of imidazole rings is 1. The molecule has 0 aliphatic carbocycles. The SMILES string of the molecule is CCC(CC)n1ccc(Cn2ccnc2CCl)n1. The Morgan fingerprint density at radius 3 is 2.72 bits per heavy atom. The van der Waals surface area contributed by atoms with E-state index in [0.29, 0.717) is 11.9 Å². The van der Waals surface area contributed by atoms with Gasteiger partial charge in [0, 0.05) is 18.6 Å². The predicted molar refractivity (Wildman–Crippen MR) is 72.7 cm³/mol. The summed E-state index contributed by atoms with van der Waals surface area (Å²) >= 11 is 5.83. The van der Waals surface area contributed by atoms with Crippen molar-refractivity contribution >= 4 is 11.6 Å². The van der Waals surface area contributed by atoms with Crippen LogP contribution in [0.25, 0.3) is 0 Å². The van der Waals surface area contributed by atoms with Gasteiger partial charge in [0.2, 0.25) is 0 Å². The molecule has 0 amide bonds. The standard InChI is InChI=1S/C13H19ClN4/c1-3-12(4-2)18-7-5-11(16-18)10-17-8-6-15-13(17)9-14/h5-8,12H,3-4,9-10H2,1-2H3. The lowest BCUT2D eigenvalue weighted by Crippen LogP contribution is -2.09. The summed E-state index contributed by atoms with van der Waals surface area (Å²) in [7, 11) is 0. The molecular weight excluding hydrogens is 248 g/mol. The number of alkyl halides is 1. The smallest absolute Gasteiger partial charge is 0.123 e. The second-order valence-electron chi connectivity index (χ2n) is 4.36. The van der Waals surface area contributed by atoms with E-state index < -0.39 is 0 Å². The maximum Gasteiger partial charge on any atom is 0.123 e. The van der Waals surface area contributed by atoms with Gasteiger partial charge in [-0.25, -0.2) is 4.98 Å². The quantitative estimate of drug-likeness (QED) is 0.753. The van der Waals surface area contributed by atoms with Crippen LogP contribution < -0.4 is 0 Å². The molecule has 0 radical (unpaired) electrons. The van der Waals surface area contributed by atoms with E-state index in [2.05, 4.69) is 40.9 Å². The fraction of sp³-hybridized carbons (Fsp3) is 0.538. The lowest BCUT2D eigenvalue weighted by atomic mass is 10.2. The van der Waals surface area contributed by atoms with Gasteiger partial charge < -0.3 is 4.57 Å². The van der Waals surface area contributed by atoms with Crippen LogP contribution in [-0.4, -0.2) is 19.3 Å². The van der Waals surface area contributed by atoms with Crippen LogP contribution in [0.1, 0.15) is 44.2 Å². The molecule has 0 aliphatic heterocycles. The lowest BCUT2D eigenvalue weighted by molar-refractivity contribution is 0.424. The zero-order valence-electron chi connectivity index (χ0n) is 10.9. The summed E-state index contributed by atoms with van der Waals surface area (Å²) in [6, 6.07) is 2.56. The Balaban J connectivity index is 2.11. The number of rotatable bonds is 6. The third-order valence-corrected chi connectivity index (χ3v) is 3.47. The number of aromatic nitrogens is 4. The zero-order chi connectivity index (χ0) is 13.0. The Hall–Kier alpha value is -1.29. The minimum Gasteiger partial charge on any atom is -0.328 e. The summed E-state index contributed by atoms with van der Waals surface area (Å²) in [6.07, 6.45) is 7.99. The van der Waals surface area contributed by atoms with E-state index in [1.165, 1.54) is 0 Å². The van der Waals surface area contributed by atoms with Gasteiger partial charge in [0.1, 0.15) is 5.82 Å². The van der Waals surface area contributed by atoms with E-state index in [9.17, 15) is 0 Å².